The summed E-state index contributed by atoms with van der Waals surface area (Å²) in [5.41, 5.74) is 4.80. The highest BCUT2D eigenvalue weighted by Gasteiger charge is 2.17. The Kier molecular flexibility index (Phi) is 4.82. The molecule has 0 fully saturated rings. The predicted octanol–water partition coefficient (Wildman–Crippen LogP) is 0.0407. The van der Waals surface area contributed by atoms with Gasteiger partial charge in [-0.2, -0.15) is 0 Å². The number of ketones is 1. The van der Waals surface area contributed by atoms with Crippen molar-refractivity contribution in [1.82, 2.24) is 5.32 Å². The van der Waals surface area contributed by atoms with Crippen LogP contribution in [0.3, 0.4) is 0 Å². The van der Waals surface area contributed by atoms with Gasteiger partial charge < -0.3 is 15.8 Å². The average molecular weight is 212 g/mol. The molecule has 0 aliphatic rings. The van der Waals surface area contributed by atoms with Gasteiger partial charge in [-0.1, -0.05) is 0 Å². The van der Waals surface area contributed by atoms with E-state index < -0.39 is 23.5 Å². The summed E-state index contributed by atoms with van der Waals surface area (Å²) in [6.07, 6.45) is 4.24. The van der Waals surface area contributed by atoms with E-state index in [9.17, 15) is 9.59 Å². The first-order valence-electron chi connectivity index (χ1n) is 4.49. The maximum Gasteiger partial charge on any atom is 0.407 e. The third-order valence-electron chi connectivity index (χ3n) is 1.34. The van der Waals surface area contributed by atoms with Gasteiger partial charge in [0.05, 0.1) is 6.04 Å². The molecule has 1 unspecified atom stereocenters. The summed E-state index contributed by atoms with van der Waals surface area (Å²) in [7, 11) is 0. The van der Waals surface area contributed by atoms with E-state index in [-0.39, 0.29) is 6.54 Å². The van der Waals surface area contributed by atoms with Crippen molar-refractivity contribution in [3.63, 3.8) is 0 Å². The zero-order valence-electron chi connectivity index (χ0n) is 9.16. The highest BCUT2D eigenvalue weighted by atomic mass is 16.6. The molecule has 84 valence electrons. The fraction of sp³-hybridized carbons (Fsp3) is 0.600. The number of nitrogens with two attached hydrogens (primary N) is 1. The van der Waals surface area contributed by atoms with Gasteiger partial charge in [-0.05, 0) is 26.7 Å². The highest BCUT2D eigenvalue weighted by molar-refractivity contribution is 5.99. The van der Waals surface area contributed by atoms with Gasteiger partial charge in [-0.15, -0.1) is 6.42 Å². The summed E-state index contributed by atoms with van der Waals surface area (Å²) in [5, 5.41) is 2.35. The minimum absolute atomic E-state index is 0.0298. The molecular weight excluding hydrogens is 196 g/mol. The average Bonchev–Trinajstić information content (AvgIpc) is 2.10. The van der Waals surface area contributed by atoms with Crippen molar-refractivity contribution in [2.75, 3.05) is 6.54 Å². The van der Waals surface area contributed by atoms with E-state index in [0.717, 1.165) is 0 Å². The third kappa shape index (κ3) is 6.52. The van der Waals surface area contributed by atoms with Crippen LogP contribution in [0.15, 0.2) is 0 Å². The summed E-state index contributed by atoms with van der Waals surface area (Å²) in [6.45, 7) is 5.18. The molecule has 0 spiro atoms. The lowest BCUT2D eigenvalue weighted by atomic mass is 10.2. The maximum absolute atomic E-state index is 11.1. The van der Waals surface area contributed by atoms with Crippen molar-refractivity contribution in [1.29, 1.82) is 0 Å². The highest BCUT2D eigenvalue weighted by Crippen LogP contribution is 2.06. The summed E-state index contributed by atoms with van der Waals surface area (Å²) in [5.74, 6) is 1.33. The van der Waals surface area contributed by atoms with Crippen molar-refractivity contribution in [3.8, 4) is 12.3 Å². The molecule has 0 saturated heterocycles. The van der Waals surface area contributed by atoms with Gasteiger partial charge in [0.15, 0.2) is 0 Å². The Morgan fingerprint density at radius 1 is 1.53 bits per heavy atom. The van der Waals surface area contributed by atoms with E-state index >= 15 is 0 Å². The molecule has 1 amide bonds. The topological polar surface area (TPSA) is 81.4 Å². The van der Waals surface area contributed by atoms with E-state index in [2.05, 4.69) is 5.32 Å². The van der Waals surface area contributed by atoms with Crippen LogP contribution >= 0.6 is 0 Å². The summed E-state index contributed by atoms with van der Waals surface area (Å²) < 4.78 is 4.93. The largest absolute Gasteiger partial charge is 0.444 e. The fourth-order valence-corrected chi connectivity index (χ4v) is 0.707. The van der Waals surface area contributed by atoms with E-state index in [1.54, 1.807) is 20.8 Å². The first-order valence-corrected chi connectivity index (χ1v) is 4.49. The molecule has 5 nitrogen and oxygen atoms in total. The van der Waals surface area contributed by atoms with Crippen molar-refractivity contribution >= 4 is 11.9 Å². The monoisotopic (exact) mass is 212 g/mol. The fourth-order valence-electron chi connectivity index (χ4n) is 0.707. The van der Waals surface area contributed by atoms with Gasteiger partial charge in [0.2, 0.25) is 5.78 Å². The van der Waals surface area contributed by atoms with Crippen LogP contribution in [0.5, 0.6) is 0 Å². The second-order valence-corrected chi connectivity index (χ2v) is 4.00. The molecule has 0 aromatic carbocycles. The summed E-state index contributed by atoms with van der Waals surface area (Å²) in [6, 6.07) is -0.887. The molecule has 3 N–H and O–H groups in total. The first-order chi connectivity index (χ1) is 6.76. The molecule has 0 aromatic rings. The van der Waals surface area contributed by atoms with Crippen molar-refractivity contribution in [2.45, 2.75) is 32.4 Å². The van der Waals surface area contributed by atoms with Gasteiger partial charge in [0.1, 0.15) is 5.60 Å². The number of hydrogen-bond donors (Lipinski definition) is 2. The number of Topliss-reactive ketones (excluding diaryl/α,β-unsaturated/α-hetero) is 1. The maximum atomic E-state index is 11.1. The van der Waals surface area contributed by atoms with E-state index in [0.29, 0.717) is 0 Å². The molecule has 0 aromatic heterocycles. The smallest absolute Gasteiger partial charge is 0.407 e. The van der Waals surface area contributed by atoms with Crippen LogP contribution in [0.4, 0.5) is 4.79 Å². The molecule has 0 rings (SSSR count). The van der Waals surface area contributed by atoms with Crippen LogP contribution in [-0.2, 0) is 9.53 Å². The lowest BCUT2D eigenvalue weighted by Gasteiger charge is -2.20. The van der Waals surface area contributed by atoms with Crippen molar-refractivity contribution < 1.29 is 14.3 Å². The summed E-state index contributed by atoms with van der Waals surface area (Å²) in [4.78, 5) is 22.0. The molecule has 0 aliphatic heterocycles. The first kappa shape index (κ1) is 13.5. The van der Waals surface area contributed by atoms with Crippen LogP contribution in [0, 0.1) is 12.3 Å². The minimum atomic E-state index is -0.887. The molecule has 0 bridgehead atoms. The second-order valence-electron chi connectivity index (χ2n) is 4.00. The second kappa shape index (κ2) is 5.37. The molecule has 15 heavy (non-hydrogen) atoms. The van der Waals surface area contributed by atoms with E-state index in [1.807, 2.05) is 5.92 Å². The van der Waals surface area contributed by atoms with Crippen molar-refractivity contribution in [2.24, 2.45) is 5.73 Å². The number of alkyl carbamates (subject to hydrolysis) is 1. The number of amides is 1. The van der Waals surface area contributed by atoms with Gasteiger partial charge in [0, 0.05) is 6.54 Å². The summed E-state index contributed by atoms with van der Waals surface area (Å²) >= 11 is 0. The van der Waals surface area contributed by atoms with E-state index in [1.165, 1.54) is 0 Å². The quantitative estimate of drug-likeness (QED) is 0.511. The molecule has 0 aliphatic carbocycles. The van der Waals surface area contributed by atoms with Crippen molar-refractivity contribution in [3.05, 3.63) is 0 Å². The molecule has 0 heterocycles. The molecule has 5 heteroatoms. The Hall–Kier alpha value is -1.54. The molecule has 0 saturated carbocycles. The number of terminal acetylenes is 1. The standard InChI is InChI=1S/C10H16N2O3/c1-5-8(13)7(11)6-12-9(14)15-10(2,3)4/h1,7H,6,11H2,2-4H3,(H,12,14). The number of hydrogen-bond acceptors (Lipinski definition) is 4. The number of rotatable bonds is 3. The SMILES string of the molecule is C#CC(=O)C(N)CNC(=O)OC(C)(C)C. The Balaban J connectivity index is 3.93. The number of carbonyl (C=O) groups is 2. The van der Waals surface area contributed by atoms with Gasteiger partial charge in [0.25, 0.3) is 0 Å². The number of ether oxygens (including phenoxy) is 1. The zero-order chi connectivity index (χ0) is 12.1. The lowest BCUT2D eigenvalue weighted by Crippen LogP contribution is -2.43. The van der Waals surface area contributed by atoms with Gasteiger partial charge in [-0.3, -0.25) is 4.79 Å². The Labute approximate surface area is 89.3 Å². The number of carbonyl (C=O) groups excluding carboxylic acids is 2. The van der Waals surface area contributed by atoms with E-state index in [4.69, 9.17) is 16.9 Å². The Morgan fingerprint density at radius 3 is 2.47 bits per heavy atom. The van der Waals surface area contributed by atoms with Crippen LogP contribution in [0.25, 0.3) is 0 Å². The molecule has 0 radical (unpaired) electrons. The predicted molar refractivity (Wildman–Crippen MR) is 56.1 cm³/mol. The Bertz CT molecular complexity index is 286. The van der Waals surface area contributed by atoms with Gasteiger partial charge >= 0.3 is 6.09 Å². The van der Waals surface area contributed by atoms with Crippen LogP contribution in [0.2, 0.25) is 0 Å². The normalized spacial score (nSPS) is 12.5. The third-order valence-corrected chi connectivity index (χ3v) is 1.34. The minimum Gasteiger partial charge on any atom is -0.444 e. The lowest BCUT2D eigenvalue weighted by molar-refractivity contribution is -0.114. The zero-order valence-corrected chi connectivity index (χ0v) is 9.16. The molecular formula is C10H16N2O3. The molecule has 1 atom stereocenters. The van der Waals surface area contributed by atoms with Gasteiger partial charge in [-0.25, -0.2) is 4.79 Å². The number of nitrogens with one attached hydrogen (secondary N) is 1. The van der Waals surface area contributed by atoms with Crippen LogP contribution in [-0.4, -0.2) is 30.1 Å². The Morgan fingerprint density at radius 2 is 2.07 bits per heavy atom. The van der Waals surface area contributed by atoms with Crippen LogP contribution < -0.4 is 11.1 Å². The van der Waals surface area contributed by atoms with Crippen LogP contribution in [0.1, 0.15) is 20.8 Å².